The Hall–Kier alpha value is -1.46. The number of thiazole rings is 1. The van der Waals surface area contributed by atoms with Crippen molar-refractivity contribution in [3.63, 3.8) is 0 Å². The van der Waals surface area contributed by atoms with Crippen molar-refractivity contribution in [2.75, 3.05) is 5.32 Å². The molecular formula is C13H11BrN2OS. The smallest absolute Gasteiger partial charge is 0.250 e. The van der Waals surface area contributed by atoms with Gasteiger partial charge in [-0.05, 0) is 30.7 Å². The summed E-state index contributed by atoms with van der Waals surface area (Å²) < 4.78 is 0.987. The fourth-order valence-electron chi connectivity index (χ4n) is 1.34. The summed E-state index contributed by atoms with van der Waals surface area (Å²) in [5.41, 5.74) is 1.88. The molecule has 5 heteroatoms. The predicted molar refractivity (Wildman–Crippen MR) is 78.7 cm³/mol. The van der Waals surface area contributed by atoms with E-state index in [9.17, 15) is 4.79 Å². The molecule has 1 N–H and O–H groups in total. The van der Waals surface area contributed by atoms with Crippen LogP contribution in [0.4, 0.5) is 5.13 Å². The van der Waals surface area contributed by atoms with E-state index < -0.39 is 0 Å². The van der Waals surface area contributed by atoms with Gasteiger partial charge in [-0.1, -0.05) is 28.1 Å². The van der Waals surface area contributed by atoms with Crippen LogP contribution in [0, 0.1) is 6.92 Å². The molecule has 0 aliphatic rings. The summed E-state index contributed by atoms with van der Waals surface area (Å²) in [6, 6.07) is 7.74. The Bertz CT molecular complexity index is 592. The number of carbonyl (C=O) groups is 1. The first-order chi connectivity index (χ1) is 8.63. The number of benzene rings is 1. The summed E-state index contributed by atoms with van der Waals surface area (Å²) in [6.07, 6.45) is 3.26. The molecule has 0 fully saturated rings. The number of aryl methyl sites for hydroxylation is 1. The standard InChI is InChI=1S/C13H11BrN2OS/c1-9-8-18-13(15-9)16-12(17)6-5-10-3-2-4-11(14)7-10/h2-8H,1H3,(H,15,16,17)/b6-5+. The van der Waals surface area contributed by atoms with Crippen molar-refractivity contribution < 1.29 is 4.79 Å². The minimum atomic E-state index is -0.177. The second-order valence-electron chi connectivity index (χ2n) is 3.67. The van der Waals surface area contributed by atoms with E-state index in [2.05, 4.69) is 26.2 Å². The third kappa shape index (κ3) is 3.78. The zero-order valence-corrected chi connectivity index (χ0v) is 12.1. The van der Waals surface area contributed by atoms with Gasteiger partial charge >= 0.3 is 0 Å². The molecule has 1 amide bonds. The molecule has 1 heterocycles. The summed E-state index contributed by atoms with van der Waals surface area (Å²) in [4.78, 5) is 15.8. The maximum atomic E-state index is 11.6. The van der Waals surface area contributed by atoms with Crippen LogP contribution < -0.4 is 5.32 Å². The Labute approximate surface area is 118 Å². The van der Waals surface area contributed by atoms with Crippen molar-refractivity contribution in [2.24, 2.45) is 0 Å². The fraction of sp³-hybridized carbons (Fsp3) is 0.0769. The SMILES string of the molecule is Cc1csc(NC(=O)/C=C/c2cccc(Br)c2)n1. The van der Waals surface area contributed by atoms with Crippen molar-refractivity contribution in [3.8, 4) is 0 Å². The average Bonchev–Trinajstić information content (AvgIpc) is 2.72. The molecule has 0 saturated heterocycles. The van der Waals surface area contributed by atoms with Gasteiger partial charge in [-0.15, -0.1) is 11.3 Å². The molecule has 3 nitrogen and oxygen atoms in total. The topological polar surface area (TPSA) is 42.0 Å². The van der Waals surface area contributed by atoms with Crippen LogP contribution in [0.3, 0.4) is 0 Å². The number of nitrogens with zero attached hydrogens (tertiary/aromatic N) is 1. The van der Waals surface area contributed by atoms with Gasteiger partial charge in [0.05, 0.1) is 5.69 Å². The molecule has 0 atom stereocenters. The van der Waals surface area contributed by atoms with E-state index in [4.69, 9.17) is 0 Å². The van der Waals surface area contributed by atoms with Crippen LogP contribution in [-0.2, 0) is 4.79 Å². The van der Waals surface area contributed by atoms with Crippen LogP contribution in [0.15, 0.2) is 40.2 Å². The minimum absolute atomic E-state index is 0.177. The molecule has 0 spiro atoms. The summed E-state index contributed by atoms with van der Waals surface area (Å²) in [7, 11) is 0. The van der Waals surface area contributed by atoms with Crippen LogP contribution >= 0.6 is 27.3 Å². The summed E-state index contributed by atoms with van der Waals surface area (Å²) >= 11 is 4.80. The zero-order chi connectivity index (χ0) is 13.0. The van der Waals surface area contributed by atoms with Crippen molar-refractivity contribution in [3.05, 3.63) is 51.5 Å². The Morgan fingerprint density at radius 1 is 1.50 bits per heavy atom. The van der Waals surface area contributed by atoms with Crippen molar-refractivity contribution in [1.29, 1.82) is 0 Å². The summed E-state index contributed by atoms with van der Waals surface area (Å²) in [5.74, 6) is -0.177. The van der Waals surface area contributed by atoms with Crippen molar-refractivity contribution in [1.82, 2.24) is 4.98 Å². The number of anilines is 1. The molecule has 2 aromatic rings. The Morgan fingerprint density at radius 3 is 3.00 bits per heavy atom. The lowest BCUT2D eigenvalue weighted by Gasteiger charge is -1.96. The van der Waals surface area contributed by atoms with Crippen LogP contribution in [0.2, 0.25) is 0 Å². The maximum absolute atomic E-state index is 11.6. The molecule has 0 unspecified atom stereocenters. The Balaban J connectivity index is 1.99. The molecule has 0 aliphatic carbocycles. The highest BCUT2D eigenvalue weighted by Crippen LogP contribution is 2.15. The molecule has 1 aromatic carbocycles. The van der Waals surface area contributed by atoms with E-state index in [1.165, 1.54) is 17.4 Å². The summed E-state index contributed by atoms with van der Waals surface area (Å²) in [6.45, 7) is 1.89. The second-order valence-corrected chi connectivity index (χ2v) is 5.45. The monoisotopic (exact) mass is 322 g/mol. The number of hydrogen-bond donors (Lipinski definition) is 1. The van der Waals surface area contributed by atoms with Crippen LogP contribution in [0.25, 0.3) is 6.08 Å². The van der Waals surface area contributed by atoms with E-state index in [0.29, 0.717) is 5.13 Å². The van der Waals surface area contributed by atoms with Crippen LogP contribution in [0.1, 0.15) is 11.3 Å². The number of carbonyl (C=O) groups excluding carboxylic acids is 1. The van der Waals surface area contributed by atoms with Gasteiger partial charge in [0.2, 0.25) is 5.91 Å². The highest BCUT2D eigenvalue weighted by atomic mass is 79.9. The van der Waals surface area contributed by atoms with Gasteiger partial charge in [-0.3, -0.25) is 10.1 Å². The van der Waals surface area contributed by atoms with E-state index >= 15 is 0 Å². The molecule has 0 aliphatic heterocycles. The molecule has 0 saturated carbocycles. The zero-order valence-electron chi connectivity index (χ0n) is 9.68. The molecule has 0 bridgehead atoms. The number of amides is 1. The largest absolute Gasteiger partial charge is 0.298 e. The lowest BCUT2D eigenvalue weighted by atomic mass is 10.2. The number of aromatic nitrogens is 1. The normalized spacial score (nSPS) is 10.8. The van der Waals surface area contributed by atoms with E-state index in [1.807, 2.05) is 36.6 Å². The fourth-order valence-corrected chi connectivity index (χ4v) is 2.45. The van der Waals surface area contributed by atoms with Crippen molar-refractivity contribution >= 4 is 44.4 Å². The van der Waals surface area contributed by atoms with E-state index in [-0.39, 0.29) is 5.91 Å². The Kier molecular flexibility index (Phi) is 4.28. The Morgan fingerprint density at radius 2 is 2.33 bits per heavy atom. The van der Waals surface area contributed by atoms with Gasteiger partial charge < -0.3 is 0 Å². The molecule has 2 rings (SSSR count). The van der Waals surface area contributed by atoms with Gasteiger partial charge in [-0.25, -0.2) is 4.98 Å². The van der Waals surface area contributed by atoms with Gasteiger partial charge in [0.1, 0.15) is 0 Å². The third-order valence-corrected chi connectivity index (χ3v) is 3.49. The van der Waals surface area contributed by atoms with Gasteiger partial charge in [0.25, 0.3) is 0 Å². The van der Waals surface area contributed by atoms with Gasteiger partial charge in [0, 0.05) is 15.9 Å². The maximum Gasteiger partial charge on any atom is 0.250 e. The number of rotatable bonds is 3. The molecule has 0 radical (unpaired) electrons. The molecular weight excluding hydrogens is 312 g/mol. The highest BCUT2D eigenvalue weighted by Gasteiger charge is 2.01. The molecule has 1 aromatic heterocycles. The first-order valence-corrected chi connectivity index (χ1v) is 6.97. The first-order valence-electron chi connectivity index (χ1n) is 5.30. The average molecular weight is 323 g/mol. The van der Waals surface area contributed by atoms with Crippen molar-refractivity contribution in [2.45, 2.75) is 6.92 Å². The lowest BCUT2D eigenvalue weighted by Crippen LogP contribution is -2.07. The first kappa shape index (κ1) is 13.0. The molecule has 92 valence electrons. The lowest BCUT2D eigenvalue weighted by molar-refractivity contribution is -0.111. The van der Waals surface area contributed by atoms with E-state index in [0.717, 1.165) is 15.7 Å². The van der Waals surface area contributed by atoms with Crippen LogP contribution in [-0.4, -0.2) is 10.9 Å². The highest BCUT2D eigenvalue weighted by molar-refractivity contribution is 9.10. The van der Waals surface area contributed by atoms with Gasteiger partial charge in [-0.2, -0.15) is 0 Å². The minimum Gasteiger partial charge on any atom is -0.298 e. The van der Waals surface area contributed by atoms with E-state index in [1.54, 1.807) is 6.08 Å². The third-order valence-electron chi connectivity index (χ3n) is 2.12. The molecule has 18 heavy (non-hydrogen) atoms. The van der Waals surface area contributed by atoms with Gasteiger partial charge in [0.15, 0.2) is 5.13 Å². The van der Waals surface area contributed by atoms with Crippen LogP contribution in [0.5, 0.6) is 0 Å². The predicted octanol–water partition coefficient (Wildman–Crippen LogP) is 3.87. The summed E-state index contributed by atoms with van der Waals surface area (Å²) in [5, 5.41) is 5.24. The number of nitrogens with one attached hydrogen (secondary N) is 1. The number of halogens is 1. The quantitative estimate of drug-likeness (QED) is 0.872. The second kappa shape index (κ2) is 5.93. The number of hydrogen-bond acceptors (Lipinski definition) is 3.